The minimum Gasteiger partial charge on any atom is -0.378 e. The molecule has 0 saturated carbocycles. The van der Waals surface area contributed by atoms with Crippen LogP contribution in [0.4, 0.5) is 11.4 Å². The van der Waals surface area contributed by atoms with Gasteiger partial charge >= 0.3 is 0 Å². The normalized spacial score (nSPS) is 11.6. The van der Waals surface area contributed by atoms with Gasteiger partial charge in [-0.1, -0.05) is 6.07 Å². The maximum Gasteiger partial charge on any atom is 0.292 e. The first-order valence-electron chi connectivity index (χ1n) is 4.93. The van der Waals surface area contributed by atoms with Crippen LogP contribution in [0.5, 0.6) is 0 Å². The molecule has 0 saturated heterocycles. The van der Waals surface area contributed by atoms with Crippen molar-refractivity contribution in [2.45, 2.75) is 13.8 Å². The number of nitrogens with one attached hydrogen (secondary N) is 1. The monoisotopic (exact) mass is 219 g/mol. The van der Waals surface area contributed by atoms with Crippen LogP contribution in [0.25, 0.3) is 0 Å². The first-order chi connectivity index (χ1) is 7.54. The summed E-state index contributed by atoms with van der Waals surface area (Å²) >= 11 is 0. The summed E-state index contributed by atoms with van der Waals surface area (Å²) in [4.78, 5) is 10.4. The van der Waals surface area contributed by atoms with Crippen molar-refractivity contribution < 1.29 is 4.92 Å². The quantitative estimate of drug-likeness (QED) is 0.623. The predicted molar refractivity (Wildman–Crippen MR) is 61.1 cm³/mol. The summed E-state index contributed by atoms with van der Waals surface area (Å²) in [7, 11) is 0. The number of nitriles is 1. The van der Waals surface area contributed by atoms with Gasteiger partial charge < -0.3 is 5.32 Å². The zero-order chi connectivity index (χ0) is 12.1. The molecule has 16 heavy (non-hydrogen) atoms. The fourth-order valence-electron chi connectivity index (χ4n) is 1.25. The van der Waals surface area contributed by atoms with E-state index in [-0.39, 0.29) is 11.6 Å². The van der Waals surface area contributed by atoms with E-state index in [1.165, 1.54) is 6.07 Å². The molecule has 0 aliphatic heterocycles. The van der Waals surface area contributed by atoms with Crippen LogP contribution >= 0.6 is 0 Å². The van der Waals surface area contributed by atoms with Crippen molar-refractivity contribution in [3.05, 3.63) is 33.9 Å². The Morgan fingerprint density at radius 2 is 2.31 bits per heavy atom. The molecule has 1 aromatic rings. The molecule has 1 unspecified atom stereocenters. The average Bonchev–Trinajstić information content (AvgIpc) is 2.26. The molecule has 0 aliphatic carbocycles. The Hall–Kier alpha value is -2.09. The fraction of sp³-hybridized carbons (Fsp3) is 0.364. The maximum absolute atomic E-state index is 10.8. The smallest absolute Gasteiger partial charge is 0.292 e. The first kappa shape index (κ1) is 12.0. The number of nitro benzene ring substituents is 1. The standard InChI is InChI=1S/C11H13N3O2/c1-8-3-4-10(11(5-8)14(15)16)13-7-9(2)6-12/h3-5,9,13H,7H2,1-2H3. The van der Waals surface area contributed by atoms with Gasteiger partial charge in [-0.25, -0.2) is 0 Å². The Morgan fingerprint density at radius 1 is 1.62 bits per heavy atom. The Labute approximate surface area is 93.9 Å². The number of nitro groups is 1. The molecule has 0 bridgehead atoms. The van der Waals surface area contributed by atoms with Crippen LogP contribution in [0, 0.1) is 34.3 Å². The van der Waals surface area contributed by atoms with Gasteiger partial charge in [0.15, 0.2) is 0 Å². The van der Waals surface area contributed by atoms with Crippen LogP contribution < -0.4 is 5.32 Å². The molecule has 5 heteroatoms. The van der Waals surface area contributed by atoms with Crippen molar-refractivity contribution in [1.82, 2.24) is 0 Å². The summed E-state index contributed by atoms with van der Waals surface area (Å²) in [5.41, 5.74) is 1.34. The summed E-state index contributed by atoms with van der Waals surface area (Å²) in [5, 5.41) is 22.3. The van der Waals surface area contributed by atoms with Gasteiger partial charge in [-0.05, 0) is 25.5 Å². The number of anilines is 1. The average molecular weight is 219 g/mol. The summed E-state index contributed by atoms with van der Waals surface area (Å²) < 4.78 is 0. The Kier molecular flexibility index (Phi) is 3.84. The van der Waals surface area contributed by atoms with E-state index in [1.54, 1.807) is 26.0 Å². The highest BCUT2D eigenvalue weighted by Crippen LogP contribution is 2.25. The van der Waals surface area contributed by atoms with Crippen LogP contribution in [0.1, 0.15) is 12.5 Å². The zero-order valence-electron chi connectivity index (χ0n) is 9.23. The molecular weight excluding hydrogens is 206 g/mol. The van der Waals surface area contributed by atoms with Gasteiger partial charge in [-0.2, -0.15) is 5.26 Å². The first-order valence-corrected chi connectivity index (χ1v) is 4.93. The number of rotatable bonds is 4. The lowest BCUT2D eigenvalue weighted by Crippen LogP contribution is -2.10. The third-order valence-electron chi connectivity index (χ3n) is 2.17. The molecule has 5 nitrogen and oxygen atoms in total. The molecule has 0 heterocycles. The lowest BCUT2D eigenvalue weighted by molar-refractivity contribution is -0.384. The van der Waals surface area contributed by atoms with Crippen LogP contribution in [-0.2, 0) is 0 Å². The second-order valence-corrected chi connectivity index (χ2v) is 3.69. The molecule has 0 aromatic heterocycles. The topological polar surface area (TPSA) is 79.0 Å². The summed E-state index contributed by atoms with van der Waals surface area (Å²) in [6.07, 6.45) is 0. The zero-order valence-corrected chi connectivity index (χ0v) is 9.23. The lowest BCUT2D eigenvalue weighted by Gasteiger charge is -2.08. The number of aryl methyl sites for hydroxylation is 1. The van der Waals surface area contributed by atoms with E-state index in [2.05, 4.69) is 11.4 Å². The molecule has 1 aromatic carbocycles. The van der Waals surface area contributed by atoms with Crippen molar-refractivity contribution in [2.24, 2.45) is 5.92 Å². The van der Waals surface area contributed by atoms with Crippen molar-refractivity contribution in [3.8, 4) is 6.07 Å². The van der Waals surface area contributed by atoms with E-state index in [1.807, 2.05) is 0 Å². The molecule has 0 amide bonds. The molecule has 1 rings (SSSR count). The number of benzene rings is 1. The predicted octanol–water partition coefficient (Wildman–Crippen LogP) is 2.47. The van der Waals surface area contributed by atoms with E-state index in [0.29, 0.717) is 12.2 Å². The van der Waals surface area contributed by atoms with Crippen LogP contribution in [-0.4, -0.2) is 11.5 Å². The number of nitrogens with zero attached hydrogens (tertiary/aromatic N) is 2. The SMILES string of the molecule is Cc1ccc(NCC(C)C#N)c([N+](=O)[O-])c1. The molecule has 1 N–H and O–H groups in total. The van der Waals surface area contributed by atoms with Gasteiger partial charge in [0, 0.05) is 12.6 Å². The molecule has 84 valence electrons. The lowest BCUT2D eigenvalue weighted by atomic mass is 10.1. The van der Waals surface area contributed by atoms with Crippen molar-refractivity contribution in [1.29, 1.82) is 5.26 Å². The van der Waals surface area contributed by atoms with E-state index in [0.717, 1.165) is 5.56 Å². The molecule has 0 fully saturated rings. The highest BCUT2D eigenvalue weighted by atomic mass is 16.6. The highest BCUT2D eigenvalue weighted by molar-refractivity contribution is 5.62. The Bertz CT molecular complexity index is 437. The van der Waals surface area contributed by atoms with E-state index in [9.17, 15) is 10.1 Å². The van der Waals surface area contributed by atoms with Gasteiger partial charge in [-0.3, -0.25) is 10.1 Å². The van der Waals surface area contributed by atoms with Crippen LogP contribution in [0.15, 0.2) is 18.2 Å². The van der Waals surface area contributed by atoms with Crippen LogP contribution in [0.2, 0.25) is 0 Å². The Balaban J connectivity index is 2.88. The van der Waals surface area contributed by atoms with Gasteiger partial charge in [-0.15, -0.1) is 0 Å². The van der Waals surface area contributed by atoms with Crippen molar-refractivity contribution >= 4 is 11.4 Å². The van der Waals surface area contributed by atoms with Gasteiger partial charge in [0.25, 0.3) is 5.69 Å². The third kappa shape index (κ3) is 2.95. The highest BCUT2D eigenvalue weighted by Gasteiger charge is 2.13. The minimum atomic E-state index is -0.424. The number of hydrogen-bond donors (Lipinski definition) is 1. The molecular formula is C11H13N3O2. The second-order valence-electron chi connectivity index (χ2n) is 3.69. The summed E-state index contributed by atoms with van der Waals surface area (Å²) in [5.74, 6) is -0.180. The van der Waals surface area contributed by atoms with E-state index < -0.39 is 4.92 Å². The second kappa shape index (κ2) is 5.12. The minimum absolute atomic E-state index is 0.0464. The summed E-state index contributed by atoms with van der Waals surface area (Å²) in [6.45, 7) is 3.96. The van der Waals surface area contributed by atoms with Gasteiger partial charge in [0.2, 0.25) is 0 Å². The molecule has 1 atom stereocenters. The summed E-state index contributed by atoms with van der Waals surface area (Å²) in [6, 6.07) is 7.04. The molecule has 0 aliphatic rings. The van der Waals surface area contributed by atoms with Gasteiger partial charge in [0.05, 0.1) is 16.9 Å². The van der Waals surface area contributed by atoms with E-state index in [4.69, 9.17) is 5.26 Å². The van der Waals surface area contributed by atoms with Gasteiger partial charge in [0.1, 0.15) is 5.69 Å². The van der Waals surface area contributed by atoms with Crippen molar-refractivity contribution in [3.63, 3.8) is 0 Å². The molecule has 0 spiro atoms. The Morgan fingerprint density at radius 3 is 2.88 bits per heavy atom. The van der Waals surface area contributed by atoms with Crippen LogP contribution in [0.3, 0.4) is 0 Å². The van der Waals surface area contributed by atoms with Crippen molar-refractivity contribution in [2.75, 3.05) is 11.9 Å². The van der Waals surface area contributed by atoms with E-state index >= 15 is 0 Å². The largest absolute Gasteiger partial charge is 0.378 e. The maximum atomic E-state index is 10.8. The third-order valence-corrected chi connectivity index (χ3v) is 2.17. The molecule has 0 radical (unpaired) electrons. The number of hydrogen-bond acceptors (Lipinski definition) is 4. The fourth-order valence-corrected chi connectivity index (χ4v) is 1.25.